The molecule has 5 aromatic carbocycles. The zero-order chi connectivity index (χ0) is 31.6. The van der Waals surface area contributed by atoms with Crippen molar-refractivity contribution in [3.8, 4) is 0 Å². The summed E-state index contributed by atoms with van der Waals surface area (Å²) in [7, 11) is 0. The summed E-state index contributed by atoms with van der Waals surface area (Å²) in [6.07, 6.45) is 0. The average molecular weight is 605 g/mol. The molecule has 7 nitrogen and oxygen atoms in total. The molecule has 46 heavy (non-hydrogen) atoms. The van der Waals surface area contributed by atoms with Gasteiger partial charge in [-0.25, -0.2) is 4.90 Å². The number of Topliss-reactive ketones (excluding diaryl/α,β-unsaturated/α-hetero) is 1. The van der Waals surface area contributed by atoms with Crippen LogP contribution in [-0.4, -0.2) is 22.5 Å². The third-order valence-electron chi connectivity index (χ3n) is 10.5. The highest BCUT2D eigenvalue weighted by atomic mass is 16.6. The Balaban J connectivity index is 1.52. The summed E-state index contributed by atoms with van der Waals surface area (Å²) in [5, 5.41) is 12.2. The topological polar surface area (TPSA) is 97.6 Å². The first-order chi connectivity index (χ1) is 22.4. The van der Waals surface area contributed by atoms with Gasteiger partial charge in [0.2, 0.25) is 11.8 Å². The van der Waals surface area contributed by atoms with Crippen molar-refractivity contribution < 1.29 is 19.3 Å². The molecule has 0 aromatic heterocycles. The van der Waals surface area contributed by atoms with Crippen molar-refractivity contribution in [2.45, 2.75) is 22.7 Å². The van der Waals surface area contributed by atoms with Gasteiger partial charge in [0, 0.05) is 17.9 Å². The number of imide groups is 1. The fourth-order valence-electron chi connectivity index (χ4n) is 9.09. The smallest absolute Gasteiger partial charge is 0.293 e. The molecule has 0 N–H and O–H groups in total. The van der Waals surface area contributed by atoms with Crippen molar-refractivity contribution in [3.63, 3.8) is 0 Å². The van der Waals surface area contributed by atoms with E-state index in [1.54, 1.807) is 6.07 Å². The van der Waals surface area contributed by atoms with Crippen molar-refractivity contribution in [2.24, 2.45) is 11.8 Å². The van der Waals surface area contributed by atoms with Crippen LogP contribution in [-0.2, 0) is 25.2 Å². The maximum atomic E-state index is 15.9. The molecule has 1 aliphatic heterocycles. The lowest BCUT2D eigenvalue weighted by Gasteiger charge is -2.46. The van der Waals surface area contributed by atoms with Crippen molar-refractivity contribution in [3.05, 3.63) is 178 Å². The summed E-state index contributed by atoms with van der Waals surface area (Å²) >= 11 is 0. The van der Waals surface area contributed by atoms with Crippen molar-refractivity contribution in [2.75, 3.05) is 4.90 Å². The number of amides is 2. The largest absolute Gasteiger partial charge is 0.298 e. The predicted octanol–water partition coefficient (Wildman–Crippen LogP) is 6.74. The number of carbonyl (C=O) groups excluding carboxylic acids is 3. The summed E-state index contributed by atoms with van der Waals surface area (Å²) in [6.45, 7) is 0. The number of hydrogen-bond donors (Lipinski definition) is 0. The van der Waals surface area contributed by atoms with Gasteiger partial charge in [-0.15, -0.1) is 0 Å². The lowest BCUT2D eigenvalue weighted by Crippen LogP contribution is -2.49. The number of nitrogens with zero attached hydrogens (tertiary/aromatic N) is 2. The molecule has 8 rings (SSSR count). The van der Waals surface area contributed by atoms with Gasteiger partial charge in [-0.1, -0.05) is 133 Å². The number of para-hydroxylation sites is 2. The Morgan fingerprint density at radius 2 is 0.870 bits per heavy atom. The Morgan fingerprint density at radius 1 is 0.500 bits per heavy atom. The van der Waals surface area contributed by atoms with Crippen LogP contribution < -0.4 is 4.90 Å². The van der Waals surface area contributed by atoms with Gasteiger partial charge in [0.1, 0.15) is 5.69 Å². The zero-order valence-electron chi connectivity index (χ0n) is 24.6. The SMILES string of the molecule is O=C1[C@@H]2[C@H](C(=O)N1c1ccccc1[N+](=O)[O-])[C@@]1(c3ccccc3)C(=O)[C@@]2(c2ccccc2)[C@@H](c2ccccc2)[C@H]1c1ccccc1. The fraction of sp³-hybridized carbons (Fsp3) is 0.154. The Morgan fingerprint density at radius 3 is 1.28 bits per heavy atom. The second-order valence-corrected chi connectivity index (χ2v) is 12.3. The van der Waals surface area contributed by atoms with E-state index in [1.165, 1.54) is 18.2 Å². The molecule has 2 aliphatic carbocycles. The molecule has 0 spiro atoms. The van der Waals surface area contributed by atoms with E-state index in [0.717, 1.165) is 16.0 Å². The quantitative estimate of drug-likeness (QED) is 0.122. The summed E-state index contributed by atoms with van der Waals surface area (Å²) in [5.74, 6) is -4.61. The number of fused-ring (bicyclic) bond motifs is 5. The van der Waals surface area contributed by atoms with Crippen molar-refractivity contribution in [1.82, 2.24) is 0 Å². The first-order valence-electron chi connectivity index (χ1n) is 15.3. The van der Waals surface area contributed by atoms with Gasteiger partial charge in [0.25, 0.3) is 5.69 Å². The summed E-state index contributed by atoms with van der Waals surface area (Å²) in [5.41, 5.74) is -0.240. The van der Waals surface area contributed by atoms with E-state index in [9.17, 15) is 10.1 Å². The van der Waals surface area contributed by atoms with E-state index < -0.39 is 51.2 Å². The highest BCUT2D eigenvalue weighted by Crippen LogP contribution is 2.77. The number of rotatable bonds is 6. The third kappa shape index (κ3) is 3.40. The molecule has 5 aromatic rings. The number of benzene rings is 5. The average Bonchev–Trinajstić information content (AvgIpc) is 3.61. The fourth-order valence-corrected chi connectivity index (χ4v) is 9.09. The minimum atomic E-state index is -1.45. The Bertz CT molecular complexity index is 1900. The van der Waals surface area contributed by atoms with Crippen LogP contribution in [0.5, 0.6) is 0 Å². The molecule has 7 heteroatoms. The van der Waals surface area contributed by atoms with E-state index in [4.69, 9.17) is 0 Å². The molecule has 2 bridgehead atoms. The molecule has 1 saturated heterocycles. The summed E-state index contributed by atoms with van der Waals surface area (Å²) in [6, 6.07) is 44.0. The summed E-state index contributed by atoms with van der Waals surface area (Å²) in [4.78, 5) is 58.5. The maximum Gasteiger partial charge on any atom is 0.293 e. The molecule has 6 atom stereocenters. The molecule has 3 fully saturated rings. The summed E-state index contributed by atoms with van der Waals surface area (Å²) < 4.78 is 0. The van der Waals surface area contributed by atoms with E-state index >= 15 is 14.4 Å². The minimum Gasteiger partial charge on any atom is -0.298 e. The maximum absolute atomic E-state index is 15.9. The van der Waals surface area contributed by atoms with Crippen LogP contribution in [0, 0.1) is 22.0 Å². The number of carbonyl (C=O) groups is 3. The van der Waals surface area contributed by atoms with Crippen LogP contribution in [0.3, 0.4) is 0 Å². The number of nitro benzene ring substituents is 1. The van der Waals surface area contributed by atoms with E-state index in [-0.39, 0.29) is 17.2 Å². The number of hydrogen-bond acceptors (Lipinski definition) is 5. The monoisotopic (exact) mass is 604 g/mol. The molecule has 224 valence electrons. The molecule has 0 unspecified atom stereocenters. The molecule has 2 saturated carbocycles. The predicted molar refractivity (Wildman–Crippen MR) is 172 cm³/mol. The lowest BCUT2D eigenvalue weighted by molar-refractivity contribution is -0.384. The first-order valence-corrected chi connectivity index (χ1v) is 15.3. The van der Waals surface area contributed by atoms with Crippen LogP contribution in [0.15, 0.2) is 146 Å². The molecule has 1 heterocycles. The second-order valence-electron chi connectivity index (χ2n) is 12.3. The van der Waals surface area contributed by atoms with Gasteiger partial charge in [0.05, 0.1) is 27.6 Å². The highest BCUT2D eigenvalue weighted by molar-refractivity contribution is 6.30. The van der Waals surface area contributed by atoms with Gasteiger partial charge < -0.3 is 0 Å². The van der Waals surface area contributed by atoms with Crippen LogP contribution >= 0.6 is 0 Å². The van der Waals surface area contributed by atoms with Gasteiger partial charge in [0.15, 0.2) is 5.78 Å². The van der Waals surface area contributed by atoms with Crippen LogP contribution in [0.2, 0.25) is 0 Å². The second kappa shape index (κ2) is 10.2. The van der Waals surface area contributed by atoms with E-state index in [0.29, 0.717) is 11.1 Å². The highest BCUT2D eigenvalue weighted by Gasteiger charge is 2.86. The van der Waals surface area contributed by atoms with Gasteiger partial charge in [-0.2, -0.15) is 0 Å². The van der Waals surface area contributed by atoms with Gasteiger partial charge in [-0.3, -0.25) is 24.5 Å². The van der Waals surface area contributed by atoms with Crippen LogP contribution in [0.1, 0.15) is 34.1 Å². The standard InChI is InChI=1S/C39H28N2O5/c42-35-33-34(36(43)40(35)29-23-13-14-24-30(29)41(45)46)39(28-21-11-4-12-22-28)32(26-17-7-2-8-18-26)31(25-15-5-1-6-16-25)38(33,37(39)44)27-19-9-3-10-20-27/h1-24,31-34H/t31-,32+,33-,34+,38-,39-/m0/s1. The molecule has 2 amide bonds. The van der Waals surface area contributed by atoms with Gasteiger partial charge in [-0.05, 0) is 28.3 Å². The molecule has 0 radical (unpaired) electrons. The lowest BCUT2D eigenvalue weighted by atomic mass is 9.52. The Labute approximate surface area is 265 Å². The first kappa shape index (κ1) is 27.8. The Kier molecular flexibility index (Phi) is 6.15. The number of ketones is 1. The third-order valence-corrected chi connectivity index (χ3v) is 10.5. The minimum absolute atomic E-state index is 0.0808. The number of anilines is 1. The van der Waals surface area contributed by atoms with Crippen molar-refractivity contribution >= 4 is 29.0 Å². The van der Waals surface area contributed by atoms with Crippen LogP contribution in [0.4, 0.5) is 11.4 Å². The normalized spacial score (nSPS) is 28.0. The van der Waals surface area contributed by atoms with E-state index in [1.807, 2.05) is 121 Å². The Hall–Kier alpha value is -5.69. The number of nitro groups is 1. The van der Waals surface area contributed by atoms with E-state index in [2.05, 4.69) is 0 Å². The molecule has 3 aliphatic rings. The zero-order valence-corrected chi connectivity index (χ0v) is 24.6. The van der Waals surface area contributed by atoms with Gasteiger partial charge >= 0.3 is 0 Å². The molecular weight excluding hydrogens is 576 g/mol. The van der Waals surface area contributed by atoms with Crippen LogP contribution in [0.25, 0.3) is 0 Å². The van der Waals surface area contributed by atoms with Crippen molar-refractivity contribution in [1.29, 1.82) is 0 Å². The molecular formula is C39H28N2O5.